The summed E-state index contributed by atoms with van der Waals surface area (Å²) in [6.07, 6.45) is 4.94. The molecule has 1 aliphatic rings. The van der Waals surface area contributed by atoms with Gasteiger partial charge in [0.15, 0.2) is 5.82 Å². The minimum absolute atomic E-state index is 0.0485. The minimum Gasteiger partial charge on any atom is -0.391 e. The van der Waals surface area contributed by atoms with Gasteiger partial charge >= 0.3 is 6.01 Å². The zero-order chi connectivity index (χ0) is 10.7. The Labute approximate surface area is 88.9 Å². The van der Waals surface area contributed by atoms with Crippen molar-refractivity contribution in [2.45, 2.75) is 51.2 Å². The summed E-state index contributed by atoms with van der Waals surface area (Å²) in [6, 6.07) is 0.464. The van der Waals surface area contributed by atoms with E-state index in [-0.39, 0.29) is 12.1 Å². The molecule has 0 bridgehead atoms. The van der Waals surface area contributed by atoms with Gasteiger partial charge in [-0.2, -0.15) is 4.98 Å². The molecule has 0 saturated heterocycles. The van der Waals surface area contributed by atoms with E-state index in [2.05, 4.69) is 15.5 Å². The van der Waals surface area contributed by atoms with Crippen molar-refractivity contribution < 1.29 is 9.63 Å². The predicted octanol–water partition coefficient (Wildman–Crippen LogP) is 1.48. The smallest absolute Gasteiger partial charge is 0.321 e. The van der Waals surface area contributed by atoms with Crippen LogP contribution in [0.3, 0.4) is 0 Å². The highest BCUT2D eigenvalue weighted by molar-refractivity contribution is 5.21. The Balaban J connectivity index is 1.97. The fourth-order valence-electron chi connectivity index (χ4n) is 1.97. The molecular formula is C10H17N3O2. The van der Waals surface area contributed by atoms with Crippen molar-refractivity contribution in [1.29, 1.82) is 0 Å². The molecule has 15 heavy (non-hydrogen) atoms. The summed E-state index contributed by atoms with van der Waals surface area (Å²) in [5, 5.41) is 16.7. The van der Waals surface area contributed by atoms with Gasteiger partial charge in [0.1, 0.15) is 0 Å². The maximum absolute atomic E-state index is 9.86. The monoisotopic (exact) mass is 211 g/mol. The minimum atomic E-state index is -0.306. The van der Waals surface area contributed by atoms with Crippen LogP contribution in [0.2, 0.25) is 0 Å². The largest absolute Gasteiger partial charge is 0.391 e. The molecule has 5 nitrogen and oxygen atoms in total. The van der Waals surface area contributed by atoms with Crippen molar-refractivity contribution in [2.24, 2.45) is 0 Å². The molecule has 2 N–H and O–H groups in total. The van der Waals surface area contributed by atoms with Crippen molar-refractivity contribution in [3.05, 3.63) is 5.82 Å². The standard InChI is InChI=1S/C10H17N3O2/c1-7-11-10(15-13-7)12-8-5-3-2-4-6-9(8)14/h8-9,14H,2-6H2,1H3,(H,11,12,13). The van der Waals surface area contributed by atoms with Crippen LogP contribution in [0.15, 0.2) is 4.52 Å². The topological polar surface area (TPSA) is 71.2 Å². The summed E-state index contributed by atoms with van der Waals surface area (Å²) in [4.78, 5) is 4.07. The Kier molecular flexibility index (Phi) is 3.20. The summed E-state index contributed by atoms with van der Waals surface area (Å²) >= 11 is 0. The van der Waals surface area contributed by atoms with Gasteiger partial charge < -0.3 is 14.9 Å². The number of anilines is 1. The summed E-state index contributed by atoms with van der Waals surface area (Å²) in [6.45, 7) is 1.78. The molecule has 1 aromatic rings. The summed E-state index contributed by atoms with van der Waals surface area (Å²) in [7, 11) is 0. The van der Waals surface area contributed by atoms with Gasteiger partial charge in [-0.15, -0.1) is 0 Å². The Morgan fingerprint density at radius 2 is 2.13 bits per heavy atom. The molecule has 0 aromatic carbocycles. The van der Waals surface area contributed by atoms with Gasteiger partial charge in [0.2, 0.25) is 0 Å². The zero-order valence-electron chi connectivity index (χ0n) is 8.94. The van der Waals surface area contributed by atoms with Crippen LogP contribution < -0.4 is 5.32 Å². The highest BCUT2D eigenvalue weighted by Gasteiger charge is 2.22. The first kappa shape index (κ1) is 10.4. The van der Waals surface area contributed by atoms with Crippen LogP contribution in [0.25, 0.3) is 0 Å². The van der Waals surface area contributed by atoms with Gasteiger partial charge in [-0.05, 0) is 19.8 Å². The third-order valence-corrected chi connectivity index (χ3v) is 2.82. The van der Waals surface area contributed by atoms with Crippen LogP contribution >= 0.6 is 0 Å². The number of rotatable bonds is 2. The number of aliphatic hydroxyl groups excluding tert-OH is 1. The molecule has 1 saturated carbocycles. The maximum atomic E-state index is 9.86. The van der Waals surface area contributed by atoms with Crippen LogP contribution in [0.5, 0.6) is 0 Å². The van der Waals surface area contributed by atoms with E-state index in [4.69, 9.17) is 4.52 Å². The molecule has 1 aliphatic carbocycles. The Hall–Kier alpha value is -1.10. The summed E-state index contributed by atoms with van der Waals surface area (Å²) in [5.74, 6) is 0.612. The third kappa shape index (κ3) is 2.68. The fraction of sp³-hybridized carbons (Fsp3) is 0.800. The van der Waals surface area contributed by atoms with E-state index < -0.39 is 0 Å². The molecule has 0 radical (unpaired) electrons. The van der Waals surface area contributed by atoms with E-state index in [1.165, 1.54) is 6.42 Å². The van der Waals surface area contributed by atoms with Gasteiger partial charge in [-0.25, -0.2) is 0 Å². The lowest BCUT2D eigenvalue weighted by Gasteiger charge is -2.19. The number of nitrogens with one attached hydrogen (secondary N) is 1. The normalized spacial score (nSPS) is 27.3. The fourth-order valence-corrected chi connectivity index (χ4v) is 1.97. The average Bonchev–Trinajstić information content (AvgIpc) is 2.50. The number of hydrogen-bond donors (Lipinski definition) is 2. The van der Waals surface area contributed by atoms with E-state index in [0.29, 0.717) is 11.8 Å². The molecule has 2 atom stereocenters. The number of aromatic nitrogens is 2. The lowest BCUT2D eigenvalue weighted by molar-refractivity contribution is 0.143. The molecule has 84 valence electrons. The summed E-state index contributed by atoms with van der Waals surface area (Å²) in [5.41, 5.74) is 0. The highest BCUT2D eigenvalue weighted by Crippen LogP contribution is 2.20. The lowest BCUT2D eigenvalue weighted by atomic mass is 10.1. The van der Waals surface area contributed by atoms with Gasteiger partial charge in [0, 0.05) is 0 Å². The first-order chi connectivity index (χ1) is 7.25. The zero-order valence-corrected chi connectivity index (χ0v) is 8.94. The van der Waals surface area contributed by atoms with E-state index >= 15 is 0 Å². The van der Waals surface area contributed by atoms with Crippen LogP contribution in [-0.2, 0) is 0 Å². The molecule has 1 aromatic heterocycles. The number of hydrogen-bond acceptors (Lipinski definition) is 5. The number of nitrogens with zero attached hydrogens (tertiary/aromatic N) is 2. The number of aliphatic hydroxyl groups is 1. The second-order valence-electron chi connectivity index (χ2n) is 4.10. The summed E-state index contributed by atoms with van der Waals surface area (Å²) < 4.78 is 4.97. The van der Waals surface area contributed by atoms with Crippen molar-refractivity contribution in [3.8, 4) is 0 Å². The van der Waals surface area contributed by atoms with Crippen molar-refractivity contribution in [1.82, 2.24) is 10.1 Å². The second-order valence-corrected chi connectivity index (χ2v) is 4.10. The first-order valence-electron chi connectivity index (χ1n) is 5.50. The highest BCUT2D eigenvalue weighted by atomic mass is 16.5. The van der Waals surface area contributed by atoms with Crippen LogP contribution in [0.4, 0.5) is 6.01 Å². The Morgan fingerprint density at radius 3 is 2.87 bits per heavy atom. The lowest BCUT2D eigenvalue weighted by Crippen LogP contribution is -2.32. The Bertz CT molecular complexity index is 313. The molecule has 0 spiro atoms. The van der Waals surface area contributed by atoms with Crippen LogP contribution in [0, 0.1) is 6.92 Å². The van der Waals surface area contributed by atoms with Crippen LogP contribution in [0.1, 0.15) is 37.9 Å². The molecule has 1 fully saturated rings. The molecule has 1 heterocycles. The van der Waals surface area contributed by atoms with E-state index in [0.717, 1.165) is 25.7 Å². The van der Waals surface area contributed by atoms with Crippen molar-refractivity contribution in [2.75, 3.05) is 5.32 Å². The Morgan fingerprint density at radius 1 is 1.33 bits per heavy atom. The van der Waals surface area contributed by atoms with E-state index in [9.17, 15) is 5.11 Å². The molecular weight excluding hydrogens is 194 g/mol. The third-order valence-electron chi connectivity index (χ3n) is 2.82. The predicted molar refractivity (Wildman–Crippen MR) is 55.5 cm³/mol. The SMILES string of the molecule is Cc1noc(NC2CCCCCC2O)n1. The number of aryl methyl sites for hydroxylation is 1. The molecule has 2 unspecified atom stereocenters. The maximum Gasteiger partial charge on any atom is 0.321 e. The van der Waals surface area contributed by atoms with Gasteiger partial charge in [-0.1, -0.05) is 24.4 Å². The van der Waals surface area contributed by atoms with Crippen molar-refractivity contribution in [3.63, 3.8) is 0 Å². The average molecular weight is 211 g/mol. The quantitative estimate of drug-likeness (QED) is 0.725. The van der Waals surface area contributed by atoms with Gasteiger partial charge in [-0.3, -0.25) is 0 Å². The van der Waals surface area contributed by atoms with E-state index in [1.54, 1.807) is 6.92 Å². The van der Waals surface area contributed by atoms with Crippen molar-refractivity contribution >= 4 is 6.01 Å². The molecule has 0 amide bonds. The molecule has 2 rings (SSSR count). The van der Waals surface area contributed by atoms with E-state index in [1.807, 2.05) is 0 Å². The van der Waals surface area contributed by atoms with Gasteiger partial charge in [0.25, 0.3) is 0 Å². The second kappa shape index (κ2) is 4.61. The van der Waals surface area contributed by atoms with Gasteiger partial charge in [0.05, 0.1) is 12.1 Å². The first-order valence-corrected chi connectivity index (χ1v) is 5.50. The molecule has 0 aliphatic heterocycles. The molecule has 5 heteroatoms. The van der Waals surface area contributed by atoms with Crippen LogP contribution in [-0.4, -0.2) is 27.4 Å².